The summed E-state index contributed by atoms with van der Waals surface area (Å²) in [5, 5.41) is 0. The number of Topliss-reactive ketones (excluding diaryl/α,β-unsaturated/α-hetero) is 1. The maximum absolute atomic E-state index is 11.6. The minimum absolute atomic E-state index is 0.362. The second-order valence-electron chi connectivity index (χ2n) is 3.00. The van der Waals surface area contributed by atoms with Crippen molar-refractivity contribution in [2.24, 2.45) is 0 Å². The molecule has 1 aromatic carbocycles. The molecule has 0 fully saturated rings. The van der Waals surface area contributed by atoms with E-state index in [2.05, 4.69) is 0 Å². The largest absolute Gasteiger partial charge is 0.337 e. The van der Waals surface area contributed by atoms with Gasteiger partial charge in [-0.15, -0.1) is 11.6 Å². The van der Waals surface area contributed by atoms with E-state index in [4.69, 9.17) is 16.2 Å². The third-order valence-corrected chi connectivity index (χ3v) is 3.22. The Balaban J connectivity index is 2.79. The third-order valence-electron chi connectivity index (χ3n) is 1.88. The molecule has 5 nitrogen and oxygen atoms in total. The fourth-order valence-corrected chi connectivity index (χ4v) is 1.92. The molecule has 1 aromatic rings. The second kappa shape index (κ2) is 5.40. The number of ketones is 1. The Morgan fingerprint density at radius 1 is 1.31 bits per heavy atom. The van der Waals surface area contributed by atoms with Crippen molar-refractivity contribution in [2.75, 3.05) is 12.5 Å². The highest BCUT2D eigenvalue weighted by Gasteiger charge is 2.21. The van der Waals surface area contributed by atoms with Crippen LogP contribution in [0, 0.1) is 0 Å². The first-order chi connectivity index (χ1) is 7.45. The summed E-state index contributed by atoms with van der Waals surface area (Å²) in [7, 11) is -4.44. The zero-order valence-corrected chi connectivity index (χ0v) is 9.78. The molecule has 16 heavy (non-hydrogen) atoms. The molecule has 0 aliphatic carbocycles. The lowest BCUT2D eigenvalue weighted by Crippen LogP contribution is -2.34. The minimum Gasteiger partial charge on any atom is -0.293 e. The van der Waals surface area contributed by atoms with Crippen LogP contribution < -0.4 is 0 Å². The Morgan fingerprint density at radius 2 is 1.88 bits per heavy atom. The highest BCUT2D eigenvalue weighted by molar-refractivity contribution is 7.83. The number of carbonyl (C=O) groups excluding carboxylic acids is 1. The molecule has 0 aromatic heterocycles. The zero-order chi connectivity index (χ0) is 12.2. The van der Waals surface area contributed by atoms with E-state index in [0.717, 1.165) is 0 Å². The predicted octanol–water partition coefficient (Wildman–Crippen LogP) is 1.17. The maximum Gasteiger partial charge on any atom is 0.337 e. The van der Waals surface area contributed by atoms with Gasteiger partial charge in [-0.2, -0.15) is 12.7 Å². The van der Waals surface area contributed by atoms with E-state index in [-0.39, 0.29) is 0 Å². The number of hydrogen-bond acceptors (Lipinski definition) is 3. The summed E-state index contributed by atoms with van der Waals surface area (Å²) in [6.07, 6.45) is 0. The van der Waals surface area contributed by atoms with Crippen LogP contribution in [0.4, 0.5) is 0 Å². The molecule has 0 radical (unpaired) electrons. The highest BCUT2D eigenvalue weighted by Crippen LogP contribution is 2.05. The molecule has 0 aliphatic heterocycles. The highest BCUT2D eigenvalue weighted by atomic mass is 35.5. The zero-order valence-electron chi connectivity index (χ0n) is 8.21. The third kappa shape index (κ3) is 3.57. The van der Waals surface area contributed by atoms with E-state index >= 15 is 0 Å². The summed E-state index contributed by atoms with van der Waals surface area (Å²) in [6.45, 7) is -0.480. The Labute approximate surface area is 98.5 Å². The Hall–Kier alpha value is -0.950. The molecule has 0 aliphatic rings. The van der Waals surface area contributed by atoms with Gasteiger partial charge in [-0.25, -0.2) is 0 Å². The Bertz CT molecular complexity index is 460. The van der Waals surface area contributed by atoms with Crippen molar-refractivity contribution >= 4 is 27.7 Å². The van der Waals surface area contributed by atoms with Gasteiger partial charge >= 0.3 is 10.3 Å². The van der Waals surface area contributed by atoms with Crippen LogP contribution in [0.5, 0.6) is 0 Å². The lowest BCUT2D eigenvalue weighted by molar-refractivity contribution is 0.0968. The normalized spacial score (nSPS) is 11.7. The van der Waals surface area contributed by atoms with Crippen LogP contribution in [0.3, 0.4) is 0 Å². The number of rotatable bonds is 5. The number of alkyl halides is 1. The van der Waals surface area contributed by atoms with Crippen LogP contribution in [0.25, 0.3) is 0 Å². The first-order valence-electron chi connectivity index (χ1n) is 4.32. The lowest BCUT2D eigenvalue weighted by atomic mass is 10.1. The van der Waals surface area contributed by atoms with E-state index in [1.165, 1.54) is 0 Å². The molecular formula is C9H10ClNO4S. The number of carbonyl (C=O) groups is 1. The molecule has 0 saturated carbocycles. The monoisotopic (exact) mass is 263 g/mol. The summed E-state index contributed by atoms with van der Waals surface area (Å²) in [5.41, 5.74) is 0.362. The van der Waals surface area contributed by atoms with Gasteiger partial charge in [0.05, 0.1) is 12.5 Å². The standard InChI is InChI=1S/C9H10ClNO4S/c10-7-11(16(13,14)15)6-9(12)8-4-2-1-3-5-8/h1-5H,6-7H2,(H,13,14,15). The van der Waals surface area contributed by atoms with Crippen LogP contribution >= 0.6 is 11.6 Å². The van der Waals surface area contributed by atoms with Gasteiger partial charge in [0, 0.05) is 5.56 Å². The van der Waals surface area contributed by atoms with Gasteiger partial charge in [-0.05, 0) is 0 Å². The first-order valence-corrected chi connectivity index (χ1v) is 6.25. The SMILES string of the molecule is O=C(CN(CCl)S(=O)(=O)O)c1ccccc1. The van der Waals surface area contributed by atoms with E-state index < -0.39 is 28.6 Å². The fourth-order valence-electron chi connectivity index (χ4n) is 1.06. The minimum atomic E-state index is -4.44. The summed E-state index contributed by atoms with van der Waals surface area (Å²) in [5.74, 6) is -0.432. The quantitative estimate of drug-likeness (QED) is 0.375. The average Bonchev–Trinajstić information content (AvgIpc) is 2.25. The summed E-state index contributed by atoms with van der Waals surface area (Å²) in [4.78, 5) is 11.6. The van der Waals surface area contributed by atoms with Gasteiger partial charge in [-0.1, -0.05) is 30.3 Å². The summed E-state index contributed by atoms with van der Waals surface area (Å²) in [6, 6.07) is 7.69. The van der Waals surface area contributed by atoms with Gasteiger partial charge in [0.25, 0.3) is 0 Å². The average molecular weight is 264 g/mol. The molecule has 1 N–H and O–H groups in total. The van der Waals surface area contributed by atoms with E-state index in [1.807, 2.05) is 0 Å². The molecular weight excluding hydrogens is 254 g/mol. The molecule has 0 atom stereocenters. The van der Waals surface area contributed by atoms with Crippen LogP contribution in [-0.4, -0.2) is 35.6 Å². The van der Waals surface area contributed by atoms with E-state index in [0.29, 0.717) is 9.87 Å². The van der Waals surface area contributed by atoms with Crippen molar-refractivity contribution in [3.05, 3.63) is 35.9 Å². The topological polar surface area (TPSA) is 74.7 Å². The number of halogens is 1. The predicted molar refractivity (Wildman–Crippen MR) is 59.7 cm³/mol. The van der Waals surface area contributed by atoms with Crippen LogP contribution in [0.2, 0.25) is 0 Å². The molecule has 7 heteroatoms. The van der Waals surface area contributed by atoms with Crippen molar-refractivity contribution in [3.8, 4) is 0 Å². The second-order valence-corrected chi connectivity index (χ2v) is 4.65. The molecule has 0 heterocycles. The molecule has 0 spiro atoms. The maximum atomic E-state index is 11.6. The van der Waals surface area contributed by atoms with Crippen molar-refractivity contribution in [1.29, 1.82) is 0 Å². The summed E-state index contributed by atoms with van der Waals surface area (Å²) >= 11 is 5.32. The first kappa shape index (κ1) is 13.1. The van der Waals surface area contributed by atoms with Gasteiger partial charge in [0.1, 0.15) is 0 Å². The van der Waals surface area contributed by atoms with Crippen molar-refractivity contribution < 1.29 is 17.8 Å². The Morgan fingerprint density at radius 3 is 2.31 bits per heavy atom. The van der Waals surface area contributed by atoms with Gasteiger partial charge in [-0.3, -0.25) is 9.35 Å². The molecule has 0 saturated heterocycles. The van der Waals surface area contributed by atoms with E-state index in [1.54, 1.807) is 30.3 Å². The van der Waals surface area contributed by atoms with Crippen molar-refractivity contribution in [2.45, 2.75) is 0 Å². The van der Waals surface area contributed by atoms with Crippen molar-refractivity contribution in [3.63, 3.8) is 0 Å². The number of hydrogen-bond donors (Lipinski definition) is 1. The van der Waals surface area contributed by atoms with Crippen LogP contribution in [-0.2, 0) is 10.3 Å². The molecule has 0 bridgehead atoms. The van der Waals surface area contributed by atoms with E-state index in [9.17, 15) is 13.2 Å². The van der Waals surface area contributed by atoms with Crippen molar-refractivity contribution in [1.82, 2.24) is 4.31 Å². The van der Waals surface area contributed by atoms with Gasteiger partial charge < -0.3 is 0 Å². The lowest BCUT2D eigenvalue weighted by Gasteiger charge is -2.13. The molecule has 0 amide bonds. The molecule has 0 unspecified atom stereocenters. The van der Waals surface area contributed by atoms with Gasteiger partial charge in [0.2, 0.25) is 0 Å². The molecule has 88 valence electrons. The smallest absolute Gasteiger partial charge is 0.293 e. The van der Waals surface area contributed by atoms with Crippen LogP contribution in [0.1, 0.15) is 10.4 Å². The van der Waals surface area contributed by atoms with Gasteiger partial charge in [0.15, 0.2) is 5.78 Å². The Kier molecular flexibility index (Phi) is 4.43. The number of nitrogens with zero attached hydrogens (tertiary/aromatic N) is 1. The van der Waals surface area contributed by atoms with Crippen LogP contribution in [0.15, 0.2) is 30.3 Å². The summed E-state index contributed by atoms with van der Waals surface area (Å²) < 4.78 is 30.8. The number of benzene rings is 1. The fraction of sp³-hybridized carbons (Fsp3) is 0.222. The molecule has 1 rings (SSSR count).